The highest BCUT2D eigenvalue weighted by Gasteiger charge is 2.22. The van der Waals surface area contributed by atoms with E-state index in [1.807, 2.05) is 31.2 Å². The summed E-state index contributed by atoms with van der Waals surface area (Å²) in [4.78, 5) is 13.2. The van der Waals surface area contributed by atoms with Crippen LogP contribution < -0.4 is 10.6 Å². The Kier molecular flexibility index (Phi) is 4.86. The Morgan fingerprint density at radius 1 is 1.30 bits per heavy atom. The Bertz CT molecular complexity index is 720. The number of aryl methyl sites for hydroxylation is 1. The Labute approximate surface area is 139 Å². The lowest BCUT2D eigenvalue weighted by molar-refractivity contribution is 0.236. The average molecular weight is 330 g/mol. The fraction of sp³-hybridized carbons (Fsp3) is 0.278. The second-order valence-corrected chi connectivity index (χ2v) is 6.76. The molecule has 2 amide bonds. The molecule has 2 aromatic rings. The highest BCUT2D eigenvalue weighted by atomic mass is 32.2. The molecular formula is C18H19FN2OS. The molecule has 0 saturated heterocycles. The molecule has 1 heterocycles. The van der Waals surface area contributed by atoms with Crippen molar-refractivity contribution in [2.24, 2.45) is 0 Å². The number of carbonyl (C=O) groups excluding carboxylic acids is 1. The molecule has 0 radical (unpaired) electrons. The summed E-state index contributed by atoms with van der Waals surface area (Å²) < 4.78 is 13.5. The summed E-state index contributed by atoms with van der Waals surface area (Å²) >= 11 is 1.70. The molecule has 0 fully saturated rings. The Morgan fingerprint density at radius 2 is 2.13 bits per heavy atom. The van der Waals surface area contributed by atoms with Crippen molar-refractivity contribution in [3.05, 3.63) is 65.0 Å². The Hall–Kier alpha value is -2.01. The van der Waals surface area contributed by atoms with Crippen molar-refractivity contribution in [2.75, 3.05) is 5.75 Å². The smallest absolute Gasteiger partial charge is 0.315 e. The number of benzene rings is 2. The number of amides is 2. The highest BCUT2D eigenvalue weighted by Crippen LogP contribution is 2.36. The number of thioether (sulfide) groups is 1. The number of rotatable bonds is 3. The van der Waals surface area contributed by atoms with Crippen LogP contribution in [0.3, 0.4) is 0 Å². The first kappa shape index (κ1) is 15.9. The van der Waals surface area contributed by atoms with Crippen molar-refractivity contribution >= 4 is 17.8 Å². The molecule has 23 heavy (non-hydrogen) atoms. The van der Waals surface area contributed by atoms with Gasteiger partial charge in [-0.15, -0.1) is 11.8 Å². The zero-order chi connectivity index (χ0) is 16.2. The van der Waals surface area contributed by atoms with Crippen LogP contribution in [0.25, 0.3) is 0 Å². The normalized spacial score (nSPS) is 16.5. The molecule has 3 rings (SSSR count). The van der Waals surface area contributed by atoms with Crippen LogP contribution in [0.1, 0.15) is 29.2 Å². The van der Waals surface area contributed by atoms with E-state index in [-0.39, 0.29) is 17.9 Å². The van der Waals surface area contributed by atoms with Crippen molar-refractivity contribution in [2.45, 2.75) is 30.8 Å². The molecule has 2 N–H and O–H groups in total. The molecule has 1 aliphatic heterocycles. The zero-order valence-corrected chi connectivity index (χ0v) is 13.8. The van der Waals surface area contributed by atoms with E-state index in [0.717, 1.165) is 33.8 Å². The van der Waals surface area contributed by atoms with Crippen LogP contribution >= 0.6 is 11.8 Å². The number of hydrogen-bond acceptors (Lipinski definition) is 2. The highest BCUT2D eigenvalue weighted by molar-refractivity contribution is 7.99. The van der Waals surface area contributed by atoms with E-state index in [0.29, 0.717) is 6.54 Å². The van der Waals surface area contributed by atoms with Gasteiger partial charge in [0.2, 0.25) is 0 Å². The van der Waals surface area contributed by atoms with Gasteiger partial charge in [-0.2, -0.15) is 0 Å². The van der Waals surface area contributed by atoms with Crippen LogP contribution in [0.4, 0.5) is 9.18 Å². The lowest BCUT2D eigenvalue weighted by atomic mass is 10.0. The lowest BCUT2D eigenvalue weighted by Gasteiger charge is -2.26. The summed E-state index contributed by atoms with van der Waals surface area (Å²) in [7, 11) is 0. The molecule has 3 nitrogen and oxygen atoms in total. The lowest BCUT2D eigenvalue weighted by Crippen LogP contribution is -2.38. The molecule has 1 unspecified atom stereocenters. The minimum atomic E-state index is -0.265. The molecule has 1 atom stereocenters. The fourth-order valence-electron chi connectivity index (χ4n) is 2.71. The third-order valence-corrected chi connectivity index (χ3v) is 5.14. The summed E-state index contributed by atoms with van der Waals surface area (Å²) in [5.41, 5.74) is 3.11. The predicted molar refractivity (Wildman–Crippen MR) is 91.0 cm³/mol. The van der Waals surface area contributed by atoms with Crippen molar-refractivity contribution in [3.8, 4) is 0 Å². The van der Waals surface area contributed by atoms with Crippen molar-refractivity contribution < 1.29 is 9.18 Å². The van der Waals surface area contributed by atoms with Crippen LogP contribution in [0.5, 0.6) is 0 Å². The second kappa shape index (κ2) is 7.04. The largest absolute Gasteiger partial charge is 0.334 e. The van der Waals surface area contributed by atoms with E-state index in [9.17, 15) is 9.18 Å². The van der Waals surface area contributed by atoms with Crippen LogP contribution in [0.15, 0.2) is 47.4 Å². The monoisotopic (exact) mass is 330 g/mol. The van der Waals surface area contributed by atoms with Gasteiger partial charge >= 0.3 is 6.03 Å². The number of halogens is 1. The van der Waals surface area contributed by atoms with E-state index in [2.05, 4.69) is 10.6 Å². The van der Waals surface area contributed by atoms with Gasteiger partial charge < -0.3 is 10.6 Å². The third kappa shape index (κ3) is 3.85. The molecule has 0 aromatic heterocycles. The first-order valence-corrected chi connectivity index (χ1v) is 8.63. The van der Waals surface area contributed by atoms with E-state index < -0.39 is 0 Å². The maximum atomic E-state index is 13.5. The number of nitrogens with one attached hydrogen (secondary N) is 2. The molecule has 0 aliphatic carbocycles. The van der Waals surface area contributed by atoms with E-state index in [1.54, 1.807) is 17.8 Å². The number of fused-ring (bicyclic) bond motifs is 1. The predicted octanol–water partition coefficient (Wildman–Crippen LogP) is 4.17. The van der Waals surface area contributed by atoms with Crippen molar-refractivity contribution in [3.63, 3.8) is 0 Å². The molecule has 2 aromatic carbocycles. The van der Waals surface area contributed by atoms with Gasteiger partial charge in [0.15, 0.2) is 0 Å². The number of hydrogen-bond donors (Lipinski definition) is 2. The molecule has 120 valence electrons. The van der Waals surface area contributed by atoms with Gasteiger partial charge in [-0.3, -0.25) is 0 Å². The fourth-order valence-corrected chi connectivity index (χ4v) is 3.81. The van der Waals surface area contributed by atoms with Crippen LogP contribution in [0, 0.1) is 12.7 Å². The quantitative estimate of drug-likeness (QED) is 0.887. The van der Waals surface area contributed by atoms with Gasteiger partial charge in [0.05, 0.1) is 6.04 Å². The minimum Gasteiger partial charge on any atom is -0.334 e. The van der Waals surface area contributed by atoms with Gasteiger partial charge in [0, 0.05) is 17.2 Å². The number of carbonyl (C=O) groups is 1. The van der Waals surface area contributed by atoms with E-state index in [4.69, 9.17) is 0 Å². The van der Waals surface area contributed by atoms with Crippen molar-refractivity contribution in [1.82, 2.24) is 10.6 Å². The Balaban J connectivity index is 1.63. The standard InChI is InChI=1S/C18H19FN2OS/c1-12-4-2-3-5-13(12)11-20-18(22)21-16-8-9-23-17-7-6-14(19)10-15(16)17/h2-7,10,16H,8-9,11H2,1H3,(H2,20,21,22). The number of urea groups is 1. The first-order valence-electron chi connectivity index (χ1n) is 7.64. The maximum absolute atomic E-state index is 13.5. The molecule has 0 saturated carbocycles. The average Bonchev–Trinajstić information content (AvgIpc) is 2.55. The second-order valence-electron chi connectivity index (χ2n) is 5.63. The summed E-state index contributed by atoms with van der Waals surface area (Å²) in [6.45, 7) is 2.50. The van der Waals surface area contributed by atoms with Gasteiger partial charge in [-0.1, -0.05) is 24.3 Å². The van der Waals surface area contributed by atoms with Gasteiger partial charge in [0.1, 0.15) is 5.82 Å². The van der Waals surface area contributed by atoms with Crippen LogP contribution in [0.2, 0.25) is 0 Å². The molecule has 5 heteroatoms. The molecule has 1 aliphatic rings. The summed E-state index contributed by atoms with van der Waals surface area (Å²) in [6.07, 6.45) is 0.804. The van der Waals surface area contributed by atoms with Gasteiger partial charge in [-0.05, 0) is 48.2 Å². The topological polar surface area (TPSA) is 41.1 Å². The first-order chi connectivity index (χ1) is 11.1. The van der Waals surface area contributed by atoms with E-state index >= 15 is 0 Å². The van der Waals surface area contributed by atoms with Crippen LogP contribution in [-0.2, 0) is 6.54 Å². The minimum absolute atomic E-state index is 0.140. The summed E-state index contributed by atoms with van der Waals surface area (Å²) in [5.74, 6) is 0.653. The van der Waals surface area contributed by atoms with Crippen LogP contribution in [-0.4, -0.2) is 11.8 Å². The third-order valence-electron chi connectivity index (χ3n) is 4.02. The van der Waals surface area contributed by atoms with Crippen molar-refractivity contribution in [1.29, 1.82) is 0 Å². The zero-order valence-electron chi connectivity index (χ0n) is 12.9. The molecule has 0 bridgehead atoms. The van der Waals surface area contributed by atoms with E-state index in [1.165, 1.54) is 12.1 Å². The summed E-state index contributed by atoms with van der Waals surface area (Å²) in [5, 5.41) is 5.84. The van der Waals surface area contributed by atoms with Gasteiger partial charge in [0.25, 0.3) is 0 Å². The SMILES string of the molecule is Cc1ccccc1CNC(=O)NC1CCSc2ccc(F)cc21. The molecular weight excluding hydrogens is 311 g/mol. The molecule has 0 spiro atoms. The van der Waals surface area contributed by atoms with Gasteiger partial charge in [-0.25, -0.2) is 9.18 Å². The maximum Gasteiger partial charge on any atom is 0.315 e. The Morgan fingerprint density at radius 3 is 2.96 bits per heavy atom. The summed E-state index contributed by atoms with van der Waals surface area (Å²) in [6, 6.07) is 12.4.